The third-order valence-electron chi connectivity index (χ3n) is 4.42. The SMILES string of the molecule is CN=C(NCCOCCC(C)C)NCC(c1cccs1)N1CCOCC1.I. The molecule has 2 N–H and O–H groups in total. The predicted molar refractivity (Wildman–Crippen MR) is 125 cm³/mol. The van der Waals surface area contributed by atoms with Gasteiger partial charge in [0.1, 0.15) is 0 Å². The fourth-order valence-electron chi connectivity index (χ4n) is 2.86. The lowest BCUT2D eigenvalue weighted by atomic mass is 10.1. The quantitative estimate of drug-likeness (QED) is 0.220. The normalized spacial score (nSPS) is 16.8. The van der Waals surface area contributed by atoms with Crippen LogP contribution in [-0.4, -0.2) is 70.5 Å². The summed E-state index contributed by atoms with van der Waals surface area (Å²) in [6, 6.07) is 4.68. The molecule has 1 unspecified atom stereocenters. The number of nitrogens with one attached hydrogen (secondary N) is 2. The maximum Gasteiger partial charge on any atom is 0.191 e. The Morgan fingerprint density at radius 1 is 1.30 bits per heavy atom. The van der Waals surface area contributed by atoms with E-state index in [-0.39, 0.29) is 24.0 Å². The van der Waals surface area contributed by atoms with Crippen LogP contribution in [0.15, 0.2) is 22.5 Å². The van der Waals surface area contributed by atoms with Crippen LogP contribution < -0.4 is 10.6 Å². The predicted octanol–water partition coefficient (Wildman–Crippen LogP) is 2.97. The summed E-state index contributed by atoms with van der Waals surface area (Å²) in [4.78, 5) is 8.20. The van der Waals surface area contributed by atoms with Crippen LogP contribution in [-0.2, 0) is 9.47 Å². The van der Waals surface area contributed by atoms with Gasteiger partial charge in [-0.15, -0.1) is 35.3 Å². The van der Waals surface area contributed by atoms with E-state index in [1.54, 1.807) is 0 Å². The van der Waals surface area contributed by atoms with Crippen LogP contribution in [0.4, 0.5) is 0 Å². The molecular weight excluding hydrogens is 475 g/mol. The number of morpholine rings is 1. The van der Waals surface area contributed by atoms with Crippen molar-refractivity contribution in [1.82, 2.24) is 15.5 Å². The van der Waals surface area contributed by atoms with Gasteiger partial charge in [0.05, 0.1) is 25.9 Å². The van der Waals surface area contributed by atoms with Gasteiger partial charge in [0.2, 0.25) is 0 Å². The summed E-state index contributed by atoms with van der Waals surface area (Å²) in [5.41, 5.74) is 0. The van der Waals surface area contributed by atoms with Crippen molar-refractivity contribution in [3.05, 3.63) is 22.4 Å². The van der Waals surface area contributed by atoms with E-state index in [1.807, 2.05) is 18.4 Å². The second kappa shape index (κ2) is 14.6. The van der Waals surface area contributed by atoms with Gasteiger partial charge in [-0.1, -0.05) is 19.9 Å². The van der Waals surface area contributed by atoms with Gasteiger partial charge in [0, 0.05) is 44.7 Å². The highest BCUT2D eigenvalue weighted by Crippen LogP contribution is 2.25. The lowest BCUT2D eigenvalue weighted by Crippen LogP contribution is -2.46. The third-order valence-corrected chi connectivity index (χ3v) is 5.40. The zero-order valence-corrected chi connectivity index (χ0v) is 19.9. The minimum absolute atomic E-state index is 0. The summed E-state index contributed by atoms with van der Waals surface area (Å²) < 4.78 is 11.2. The minimum Gasteiger partial charge on any atom is -0.380 e. The molecule has 1 aromatic heterocycles. The number of thiophene rings is 1. The molecule has 1 atom stereocenters. The highest BCUT2D eigenvalue weighted by Gasteiger charge is 2.23. The van der Waals surface area contributed by atoms with Crippen LogP contribution in [0.25, 0.3) is 0 Å². The average Bonchev–Trinajstić information content (AvgIpc) is 3.18. The zero-order chi connectivity index (χ0) is 18.6. The van der Waals surface area contributed by atoms with Gasteiger partial charge in [-0.3, -0.25) is 9.89 Å². The zero-order valence-electron chi connectivity index (χ0n) is 16.8. The number of aliphatic imine (C=N–C) groups is 1. The van der Waals surface area contributed by atoms with Crippen LogP contribution in [0, 0.1) is 5.92 Å². The molecule has 2 heterocycles. The first-order valence-electron chi connectivity index (χ1n) is 9.58. The Morgan fingerprint density at radius 2 is 2.07 bits per heavy atom. The molecule has 8 heteroatoms. The van der Waals surface area contributed by atoms with Crippen LogP contribution in [0.1, 0.15) is 31.2 Å². The van der Waals surface area contributed by atoms with Crippen LogP contribution in [0.3, 0.4) is 0 Å². The fourth-order valence-corrected chi connectivity index (χ4v) is 3.72. The topological polar surface area (TPSA) is 58.1 Å². The number of ether oxygens (including phenoxy) is 2. The Labute approximate surface area is 185 Å². The van der Waals surface area contributed by atoms with Gasteiger partial charge in [-0.25, -0.2) is 0 Å². The smallest absolute Gasteiger partial charge is 0.191 e. The number of hydrogen-bond donors (Lipinski definition) is 2. The first-order valence-corrected chi connectivity index (χ1v) is 10.5. The lowest BCUT2D eigenvalue weighted by Gasteiger charge is -2.34. The molecule has 6 nitrogen and oxygen atoms in total. The molecule has 1 aliphatic heterocycles. The van der Waals surface area contributed by atoms with E-state index in [0.29, 0.717) is 18.6 Å². The minimum atomic E-state index is 0. The Bertz CT molecular complexity index is 508. The van der Waals surface area contributed by atoms with Crippen molar-refractivity contribution in [2.24, 2.45) is 10.9 Å². The monoisotopic (exact) mass is 510 g/mol. The molecule has 27 heavy (non-hydrogen) atoms. The van der Waals surface area contributed by atoms with E-state index >= 15 is 0 Å². The average molecular weight is 510 g/mol. The van der Waals surface area contributed by atoms with Crippen LogP contribution in [0.2, 0.25) is 0 Å². The standard InChI is InChI=1S/C19H34N4O2S.HI/c1-16(2)6-10-24-11-7-21-19(20-3)22-15-17(18-5-4-14-26-18)23-8-12-25-13-9-23;/h4-5,14,16-17H,6-13,15H2,1-3H3,(H2,20,21,22);1H. The van der Waals surface area contributed by atoms with Gasteiger partial charge in [0.15, 0.2) is 5.96 Å². The van der Waals surface area contributed by atoms with Crippen molar-refractivity contribution in [3.8, 4) is 0 Å². The molecule has 1 saturated heterocycles. The second-order valence-electron chi connectivity index (χ2n) is 6.85. The van der Waals surface area contributed by atoms with Crippen molar-refractivity contribution >= 4 is 41.3 Å². The van der Waals surface area contributed by atoms with Gasteiger partial charge in [-0.2, -0.15) is 0 Å². The number of hydrogen-bond acceptors (Lipinski definition) is 5. The molecule has 1 aromatic rings. The number of guanidine groups is 1. The molecular formula is C19H35IN4O2S. The number of rotatable bonds is 10. The summed E-state index contributed by atoms with van der Waals surface area (Å²) >= 11 is 1.81. The van der Waals surface area contributed by atoms with E-state index < -0.39 is 0 Å². The Hall–Kier alpha value is -0.420. The molecule has 0 radical (unpaired) electrons. The van der Waals surface area contributed by atoms with Crippen molar-refractivity contribution < 1.29 is 9.47 Å². The Morgan fingerprint density at radius 3 is 2.70 bits per heavy atom. The van der Waals surface area contributed by atoms with Gasteiger partial charge < -0.3 is 20.1 Å². The number of halogens is 1. The molecule has 1 fully saturated rings. The van der Waals surface area contributed by atoms with Crippen LogP contribution in [0.5, 0.6) is 0 Å². The fraction of sp³-hybridized carbons (Fsp3) is 0.737. The molecule has 2 rings (SSSR count). The van der Waals surface area contributed by atoms with E-state index in [1.165, 1.54) is 4.88 Å². The van der Waals surface area contributed by atoms with Gasteiger partial charge >= 0.3 is 0 Å². The maximum atomic E-state index is 5.65. The maximum absolute atomic E-state index is 5.65. The van der Waals surface area contributed by atoms with Crippen molar-refractivity contribution in [1.29, 1.82) is 0 Å². The summed E-state index contributed by atoms with van der Waals surface area (Å²) in [5, 5.41) is 8.95. The number of nitrogens with zero attached hydrogens (tertiary/aromatic N) is 2. The first-order chi connectivity index (χ1) is 12.7. The van der Waals surface area contributed by atoms with E-state index in [0.717, 1.165) is 58.4 Å². The van der Waals surface area contributed by atoms with E-state index in [4.69, 9.17) is 9.47 Å². The molecule has 1 aliphatic rings. The molecule has 0 spiro atoms. The summed E-state index contributed by atoms with van der Waals surface area (Å²) in [5.74, 6) is 1.51. The second-order valence-corrected chi connectivity index (χ2v) is 7.83. The van der Waals surface area contributed by atoms with Crippen molar-refractivity contribution in [2.75, 3.05) is 59.7 Å². The largest absolute Gasteiger partial charge is 0.380 e. The van der Waals surface area contributed by atoms with Crippen molar-refractivity contribution in [3.63, 3.8) is 0 Å². The molecule has 0 bridgehead atoms. The van der Waals surface area contributed by atoms with E-state index in [2.05, 4.69) is 51.9 Å². The summed E-state index contributed by atoms with van der Waals surface area (Å²) in [7, 11) is 1.81. The molecule has 0 saturated carbocycles. The highest BCUT2D eigenvalue weighted by molar-refractivity contribution is 14.0. The van der Waals surface area contributed by atoms with Crippen molar-refractivity contribution in [2.45, 2.75) is 26.3 Å². The van der Waals surface area contributed by atoms with Gasteiger partial charge in [0.25, 0.3) is 0 Å². The van der Waals surface area contributed by atoms with Gasteiger partial charge in [-0.05, 0) is 23.8 Å². The Balaban J connectivity index is 0.00000364. The van der Waals surface area contributed by atoms with Crippen LogP contribution >= 0.6 is 35.3 Å². The molecule has 156 valence electrons. The third kappa shape index (κ3) is 9.56. The highest BCUT2D eigenvalue weighted by atomic mass is 127. The lowest BCUT2D eigenvalue weighted by molar-refractivity contribution is 0.0177. The molecule has 0 amide bonds. The van der Waals surface area contributed by atoms with E-state index in [9.17, 15) is 0 Å². The summed E-state index contributed by atoms with van der Waals surface area (Å²) in [6.45, 7) is 11.1. The Kier molecular flexibility index (Phi) is 13.3. The summed E-state index contributed by atoms with van der Waals surface area (Å²) in [6.07, 6.45) is 1.11. The molecule has 0 aliphatic carbocycles. The first kappa shape index (κ1) is 24.6. The molecule has 0 aromatic carbocycles.